The Balaban J connectivity index is 1.56. The van der Waals surface area contributed by atoms with Gasteiger partial charge in [0.15, 0.2) is 6.10 Å². The molecule has 0 aliphatic carbocycles. The van der Waals surface area contributed by atoms with Crippen LogP contribution >= 0.6 is 0 Å². The van der Waals surface area contributed by atoms with Gasteiger partial charge in [0.05, 0.1) is 25.9 Å². The first kappa shape index (κ1) is 20.6. The second-order valence-corrected chi connectivity index (χ2v) is 6.53. The highest BCUT2D eigenvalue weighted by atomic mass is 19.1. The highest BCUT2D eigenvalue weighted by Crippen LogP contribution is 2.20. The minimum absolute atomic E-state index is 0.264. The Hall–Kier alpha value is -3.13. The van der Waals surface area contributed by atoms with Crippen molar-refractivity contribution in [1.29, 1.82) is 0 Å². The van der Waals surface area contributed by atoms with Gasteiger partial charge in [0, 0.05) is 30.5 Å². The number of anilines is 2. The molecule has 8 heteroatoms. The summed E-state index contributed by atoms with van der Waals surface area (Å²) in [7, 11) is 1.40. The Morgan fingerprint density at radius 1 is 1.14 bits per heavy atom. The zero-order valence-electron chi connectivity index (χ0n) is 16.3. The average molecular weight is 402 g/mol. The molecule has 0 spiro atoms. The van der Waals surface area contributed by atoms with Crippen molar-refractivity contribution in [1.82, 2.24) is 0 Å². The van der Waals surface area contributed by atoms with Crippen LogP contribution in [0, 0.1) is 5.82 Å². The van der Waals surface area contributed by atoms with Crippen molar-refractivity contribution >= 4 is 23.3 Å². The molecule has 1 amide bonds. The smallest absolute Gasteiger partial charge is 0.341 e. The molecule has 0 bridgehead atoms. The van der Waals surface area contributed by atoms with Crippen LogP contribution in [0.5, 0.6) is 5.75 Å². The number of methoxy groups -OCH3 is 1. The molecule has 1 saturated heterocycles. The monoisotopic (exact) mass is 402 g/mol. The molecule has 29 heavy (non-hydrogen) atoms. The number of esters is 1. The van der Waals surface area contributed by atoms with Gasteiger partial charge in [-0.1, -0.05) is 0 Å². The van der Waals surface area contributed by atoms with Gasteiger partial charge in [-0.3, -0.25) is 4.79 Å². The lowest BCUT2D eigenvalue weighted by Gasteiger charge is -2.28. The van der Waals surface area contributed by atoms with E-state index in [1.54, 1.807) is 12.1 Å². The van der Waals surface area contributed by atoms with E-state index in [2.05, 4.69) is 10.2 Å². The maximum Gasteiger partial charge on any atom is 0.341 e. The normalized spacial score (nSPS) is 14.8. The predicted molar refractivity (Wildman–Crippen MR) is 106 cm³/mol. The zero-order valence-corrected chi connectivity index (χ0v) is 16.3. The molecule has 3 rings (SSSR count). The number of nitrogens with zero attached hydrogens (tertiary/aromatic N) is 1. The van der Waals surface area contributed by atoms with E-state index in [0.29, 0.717) is 18.9 Å². The number of hydrogen-bond donors (Lipinski definition) is 1. The molecule has 1 atom stereocenters. The molecule has 1 N–H and O–H groups in total. The van der Waals surface area contributed by atoms with E-state index in [4.69, 9.17) is 14.2 Å². The van der Waals surface area contributed by atoms with Gasteiger partial charge >= 0.3 is 5.97 Å². The topological polar surface area (TPSA) is 77.1 Å². The molecule has 0 aromatic heterocycles. The number of ether oxygens (including phenoxy) is 3. The van der Waals surface area contributed by atoms with E-state index in [1.165, 1.54) is 26.2 Å². The van der Waals surface area contributed by atoms with Gasteiger partial charge < -0.3 is 24.4 Å². The predicted octanol–water partition coefficient (Wildman–Crippen LogP) is 2.85. The third kappa shape index (κ3) is 5.23. The van der Waals surface area contributed by atoms with Crippen molar-refractivity contribution in [2.24, 2.45) is 0 Å². The average Bonchev–Trinajstić information content (AvgIpc) is 2.74. The number of halogens is 1. The molecule has 7 nitrogen and oxygen atoms in total. The second-order valence-electron chi connectivity index (χ2n) is 6.53. The summed E-state index contributed by atoms with van der Waals surface area (Å²) in [6.07, 6.45) is -1.09. The molecule has 1 aliphatic heterocycles. The molecule has 2 aromatic carbocycles. The van der Waals surface area contributed by atoms with Crippen LogP contribution in [0.25, 0.3) is 0 Å². The van der Waals surface area contributed by atoms with Gasteiger partial charge in [0.25, 0.3) is 5.91 Å². The summed E-state index contributed by atoms with van der Waals surface area (Å²) in [5.74, 6) is -1.92. The summed E-state index contributed by atoms with van der Waals surface area (Å²) in [5.41, 5.74) is 1.35. The van der Waals surface area contributed by atoms with E-state index in [-0.39, 0.29) is 11.3 Å². The Kier molecular flexibility index (Phi) is 6.66. The van der Waals surface area contributed by atoms with Crippen LogP contribution in [0.2, 0.25) is 0 Å². The van der Waals surface area contributed by atoms with Gasteiger partial charge in [-0.15, -0.1) is 0 Å². The van der Waals surface area contributed by atoms with Gasteiger partial charge in [0.2, 0.25) is 0 Å². The highest BCUT2D eigenvalue weighted by molar-refractivity contribution is 5.97. The quantitative estimate of drug-likeness (QED) is 0.749. The molecular formula is C21H23FN2O5. The molecule has 0 saturated carbocycles. The van der Waals surface area contributed by atoms with Crippen LogP contribution in [-0.4, -0.2) is 51.4 Å². The fourth-order valence-electron chi connectivity index (χ4n) is 2.89. The van der Waals surface area contributed by atoms with E-state index in [0.717, 1.165) is 24.8 Å². The molecule has 2 aromatic rings. The second kappa shape index (κ2) is 9.38. The molecule has 154 valence electrons. The van der Waals surface area contributed by atoms with Crippen molar-refractivity contribution in [2.45, 2.75) is 13.0 Å². The molecular weight excluding hydrogens is 379 g/mol. The Labute approximate surface area is 168 Å². The van der Waals surface area contributed by atoms with Crippen LogP contribution in [0.3, 0.4) is 0 Å². The Bertz CT molecular complexity index is 866. The number of carbonyl (C=O) groups excluding carboxylic acids is 2. The molecule has 0 radical (unpaired) electrons. The van der Waals surface area contributed by atoms with Crippen LogP contribution < -0.4 is 15.0 Å². The summed E-state index contributed by atoms with van der Waals surface area (Å²) < 4.78 is 29.3. The first-order valence-electron chi connectivity index (χ1n) is 9.26. The fourth-order valence-corrected chi connectivity index (χ4v) is 2.89. The number of carbonyl (C=O) groups is 2. The van der Waals surface area contributed by atoms with Gasteiger partial charge in [-0.25, -0.2) is 9.18 Å². The molecule has 1 heterocycles. The van der Waals surface area contributed by atoms with Crippen LogP contribution in [0.1, 0.15) is 17.3 Å². The molecule has 0 unspecified atom stereocenters. The number of rotatable bonds is 6. The summed E-state index contributed by atoms with van der Waals surface area (Å²) in [5, 5.41) is 2.69. The Morgan fingerprint density at radius 3 is 2.45 bits per heavy atom. The Morgan fingerprint density at radius 2 is 1.83 bits per heavy atom. The van der Waals surface area contributed by atoms with Crippen molar-refractivity contribution in [2.75, 3.05) is 43.6 Å². The van der Waals surface area contributed by atoms with E-state index in [9.17, 15) is 14.0 Å². The number of morpholine rings is 1. The van der Waals surface area contributed by atoms with Crippen LogP contribution in [0.15, 0.2) is 42.5 Å². The van der Waals surface area contributed by atoms with E-state index >= 15 is 0 Å². The lowest BCUT2D eigenvalue weighted by molar-refractivity contribution is -0.123. The minimum atomic E-state index is -1.09. The van der Waals surface area contributed by atoms with Crippen molar-refractivity contribution in [3.8, 4) is 5.75 Å². The minimum Gasteiger partial charge on any atom is -0.497 e. The fraction of sp³-hybridized carbons (Fsp3) is 0.333. The zero-order chi connectivity index (χ0) is 20.8. The number of amides is 1. The SMILES string of the molecule is COc1ccc(C(=O)O[C@@H](C)C(=O)Nc2ccc(N3CCOCC3)cc2)c(F)c1. The largest absolute Gasteiger partial charge is 0.497 e. The van der Waals surface area contributed by atoms with Gasteiger partial charge in [0.1, 0.15) is 11.6 Å². The van der Waals surface area contributed by atoms with E-state index in [1.807, 2.05) is 12.1 Å². The third-order valence-electron chi connectivity index (χ3n) is 4.56. The number of nitrogens with one attached hydrogen (secondary N) is 1. The molecule has 1 fully saturated rings. The van der Waals surface area contributed by atoms with Crippen LogP contribution in [0.4, 0.5) is 15.8 Å². The summed E-state index contributed by atoms with van der Waals surface area (Å²) in [6.45, 7) is 4.45. The third-order valence-corrected chi connectivity index (χ3v) is 4.56. The first-order valence-corrected chi connectivity index (χ1v) is 9.26. The standard InChI is InChI=1S/C21H23FN2O5/c1-14(29-21(26)18-8-7-17(27-2)13-19(18)22)20(25)23-15-3-5-16(6-4-15)24-9-11-28-12-10-24/h3-8,13-14H,9-12H2,1-2H3,(H,23,25)/t14-/m0/s1. The first-order chi connectivity index (χ1) is 14.0. The summed E-state index contributed by atoms with van der Waals surface area (Å²) >= 11 is 0. The summed E-state index contributed by atoms with van der Waals surface area (Å²) in [4.78, 5) is 26.7. The highest BCUT2D eigenvalue weighted by Gasteiger charge is 2.22. The maximum absolute atomic E-state index is 14.0. The maximum atomic E-state index is 14.0. The lowest BCUT2D eigenvalue weighted by atomic mass is 10.2. The van der Waals surface area contributed by atoms with Crippen molar-refractivity contribution in [3.05, 3.63) is 53.8 Å². The van der Waals surface area contributed by atoms with Crippen molar-refractivity contribution in [3.63, 3.8) is 0 Å². The lowest BCUT2D eigenvalue weighted by Crippen LogP contribution is -2.36. The number of benzene rings is 2. The molecule has 1 aliphatic rings. The van der Waals surface area contributed by atoms with Gasteiger partial charge in [-0.05, 0) is 43.3 Å². The van der Waals surface area contributed by atoms with E-state index < -0.39 is 23.8 Å². The van der Waals surface area contributed by atoms with Crippen LogP contribution in [-0.2, 0) is 14.3 Å². The van der Waals surface area contributed by atoms with Crippen molar-refractivity contribution < 1.29 is 28.2 Å². The number of hydrogen-bond acceptors (Lipinski definition) is 6. The summed E-state index contributed by atoms with van der Waals surface area (Å²) in [6, 6.07) is 11.2. The van der Waals surface area contributed by atoms with Gasteiger partial charge in [-0.2, -0.15) is 0 Å².